The summed E-state index contributed by atoms with van der Waals surface area (Å²) < 4.78 is 0. The molecule has 0 radical (unpaired) electrons. The number of fused-ring (bicyclic) bond motifs is 2. The van der Waals surface area contributed by atoms with Crippen molar-refractivity contribution in [3.8, 4) is 0 Å². The maximum atomic E-state index is 13.4. The molecule has 27 heavy (non-hydrogen) atoms. The number of nitrogens with zero attached hydrogens (tertiary/aromatic N) is 2. The van der Waals surface area contributed by atoms with E-state index >= 15 is 0 Å². The fourth-order valence-corrected chi connectivity index (χ4v) is 5.51. The number of benzene rings is 2. The van der Waals surface area contributed by atoms with E-state index in [1.54, 1.807) is 12.1 Å². The summed E-state index contributed by atoms with van der Waals surface area (Å²) in [6.45, 7) is 0. The lowest BCUT2D eigenvalue weighted by Crippen LogP contribution is -2.58. The Labute approximate surface area is 163 Å². The topological polar surface area (TPSA) is 66.6 Å². The number of carbonyl (C=O) groups is 2. The minimum absolute atomic E-state index is 0.0590. The standard InChI is InChI=1S/C21H22ClN3O2/c1-24-11-4-2-5-12(24)9-13(8-11)25-20(26)15-7-3-6-14-18(15)16(21(25)27)10-17(22)19(14)23/h3,6-7,10-13H,2,4-5,8-9,23H2,1H3/t11-,12+,13+. The zero-order valence-electron chi connectivity index (χ0n) is 15.2. The normalized spacial score (nSPS) is 28.1. The third kappa shape index (κ3) is 2.34. The lowest BCUT2D eigenvalue weighted by Gasteiger charge is -2.49. The molecule has 2 fully saturated rings. The molecule has 3 atom stereocenters. The molecule has 0 spiro atoms. The van der Waals surface area contributed by atoms with E-state index in [0.29, 0.717) is 44.7 Å². The number of amides is 2. The largest absolute Gasteiger partial charge is 0.397 e. The maximum Gasteiger partial charge on any atom is 0.261 e. The Morgan fingerprint density at radius 1 is 1.04 bits per heavy atom. The molecule has 2 saturated heterocycles. The maximum absolute atomic E-state index is 13.4. The molecule has 3 aliphatic heterocycles. The molecule has 5 nitrogen and oxygen atoms in total. The van der Waals surface area contributed by atoms with Gasteiger partial charge in [0, 0.05) is 34.5 Å². The number of halogens is 1. The molecule has 2 amide bonds. The summed E-state index contributed by atoms with van der Waals surface area (Å²) in [5.41, 5.74) is 7.56. The number of nitrogens with two attached hydrogens (primary N) is 1. The Kier molecular flexibility index (Phi) is 3.75. The van der Waals surface area contributed by atoms with Crippen molar-refractivity contribution >= 4 is 39.9 Å². The molecule has 3 heterocycles. The van der Waals surface area contributed by atoms with Gasteiger partial charge in [0.15, 0.2) is 0 Å². The first-order valence-electron chi connectivity index (χ1n) is 9.58. The molecule has 6 heteroatoms. The molecular formula is C21H22ClN3O2. The lowest BCUT2D eigenvalue weighted by atomic mass is 9.80. The first-order valence-corrected chi connectivity index (χ1v) is 9.95. The Bertz CT molecular complexity index is 975. The van der Waals surface area contributed by atoms with Gasteiger partial charge in [0.1, 0.15) is 0 Å². The second-order valence-electron chi connectivity index (χ2n) is 8.06. The smallest absolute Gasteiger partial charge is 0.261 e. The Morgan fingerprint density at radius 2 is 1.70 bits per heavy atom. The quantitative estimate of drug-likeness (QED) is 0.602. The fourth-order valence-electron chi connectivity index (χ4n) is 5.30. The second kappa shape index (κ2) is 5.94. The van der Waals surface area contributed by atoms with E-state index in [-0.39, 0.29) is 17.9 Å². The Balaban J connectivity index is 1.62. The van der Waals surface area contributed by atoms with Crippen LogP contribution in [0.3, 0.4) is 0 Å². The van der Waals surface area contributed by atoms with Crippen LogP contribution < -0.4 is 5.73 Å². The van der Waals surface area contributed by atoms with Crippen LogP contribution in [0.25, 0.3) is 10.8 Å². The van der Waals surface area contributed by atoms with E-state index in [1.165, 1.54) is 11.3 Å². The number of hydrogen-bond donors (Lipinski definition) is 1. The van der Waals surface area contributed by atoms with Crippen LogP contribution in [0, 0.1) is 0 Å². The molecule has 0 saturated carbocycles. The first-order chi connectivity index (χ1) is 13.0. The SMILES string of the molecule is CN1[C@@H]2CCC[C@H]1C[C@@H](N1C(=O)c3cccc4c(N)c(Cl)cc(c34)C1=O)C2. The molecule has 2 N–H and O–H groups in total. The molecule has 140 valence electrons. The number of rotatable bonds is 1. The van der Waals surface area contributed by atoms with Gasteiger partial charge in [0.2, 0.25) is 0 Å². The van der Waals surface area contributed by atoms with Gasteiger partial charge in [-0.1, -0.05) is 30.2 Å². The van der Waals surface area contributed by atoms with Crippen LogP contribution in [0.4, 0.5) is 5.69 Å². The van der Waals surface area contributed by atoms with Crippen molar-refractivity contribution in [3.05, 3.63) is 40.4 Å². The molecule has 2 aromatic carbocycles. The zero-order chi connectivity index (χ0) is 18.9. The summed E-state index contributed by atoms with van der Waals surface area (Å²) in [6.07, 6.45) is 5.19. The summed E-state index contributed by atoms with van der Waals surface area (Å²) in [5.74, 6) is -0.439. The van der Waals surface area contributed by atoms with Crippen molar-refractivity contribution in [2.24, 2.45) is 0 Å². The van der Waals surface area contributed by atoms with Gasteiger partial charge in [-0.25, -0.2) is 0 Å². The molecule has 0 unspecified atom stereocenters. The lowest BCUT2D eigenvalue weighted by molar-refractivity contribution is 0.0108. The van der Waals surface area contributed by atoms with Gasteiger partial charge in [-0.15, -0.1) is 0 Å². The van der Waals surface area contributed by atoms with Crippen LogP contribution in [0.1, 0.15) is 52.8 Å². The highest BCUT2D eigenvalue weighted by Gasteiger charge is 2.44. The number of anilines is 1. The minimum atomic E-state index is -0.238. The van der Waals surface area contributed by atoms with Crippen LogP contribution in [0.15, 0.2) is 24.3 Å². The van der Waals surface area contributed by atoms with Crippen molar-refractivity contribution in [1.29, 1.82) is 0 Å². The number of carbonyl (C=O) groups excluding carboxylic acids is 2. The number of imide groups is 1. The predicted octanol–water partition coefficient (Wildman–Crippen LogP) is 3.69. The average Bonchev–Trinajstić information content (AvgIpc) is 2.64. The Morgan fingerprint density at radius 3 is 2.41 bits per heavy atom. The summed E-state index contributed by atoms with van der Waals surface area (Å²) in [6, 6.07) is 7.86. The summed E-state index contributed by atoms with van der Waals surface area (Å²) in [4.78, 5) is 30.6. The summed E-state index contributed by atoms with van der Waals surface area (Å²) in [7, 11) is 2.17. The van der Waals surface area contributed by atoms with Crippen molar-refractivity contribution in [2.45, 2.75) is 50.2 Å². The fraction of sp³-hybridized carbons (Fsp3) is 0.429. The van der Waals surface area contributed by atoms with Crippen molar-refractivity contribution in [2.75, 3.05) is 12.8 Å². The highest BCUT2D eigenvalue weighted by atomic mass is 35.5. The average molecular weight is 384 g/mol. The van der Waals surface area contributed by atoms with Crippen LogP contribution in [-0.4, -0.2) is 46.8 Å². The highest BCUT2D eigenvalue weighted by molar-refractivity contribution is 6.37. The van der Waals surface area contributed by atoms with E-state index < -0.39 is 0 Å². The second-order valence-corrected chi connectivity index (χ2v) is 8.46. The van der Waals surface area contributed by atoms with Gasteiger partial charge in [0.25, 0.3) is 11.8 Å². The molecular weight excluding hydrogens is 362 g/mol. The molecule has 2 bridgehead atoms. The first kappa shape index (κ1) is 17.0. The van der Waals surface area contributed by atoms with Gasteiger partial charge >= 0.3 is 0 Å². The van der Waals surface area contributed by atoms with Crippen molar-refractivity contribution in [3.63, 3.8) is 0 Å². The molecule has 5 rings (SSSR count). The highest BCUT2D eigenvalue weighted by Crippen LogP contribution is 2.41. The molecule has 0 aromatic heterocycles. The summed E-state index contributed by atoms with van der Waals surface area (Å²) in [5, 5.41) is 1.67. The van der Waals surface area contributed by atoms with Gasteiger partial charge in [-0.3, -0.25) is 14.5 Å². The molecule has 0 aliphatic carbocycles. The van der Waals surface area contributed by atoms with E-state index in [1.807, 2.05) is 12.1 Å². The van der Waals surface area contributed by atoms with Crippen LogP contribution in [-0.2, 0) is 0 Å². The van der Waals surface area contributed by atoms with Crippen molar-refractivity contribution < 1.29 is 9.59 Å². The Hall–Kier alpha value is -2.11. The number of nitrogen functional groups attached to an aromatic ring is 1. The van der Waals surface area contributed by atoms with Gasteiger partial charge in [0.05, 0.1) is 16.3 Å². The van der Waals surface area contributed by atoms with Gasteiger partial charge in [-0.05, 0) is 44.9 Å². The summed E-state index contributed by atoms with van der Waals surface area (Å²) >= 11 is 6.29. The van der Waals surface area contributed by atoms with E-state index in [0.717, 1.165) is 25.7 Å². The van der Waals surface area contributed by atoms with Crippen LogP contribution in [0.5, 0.6) is 0 Å². The predicted molar refractivity (Wildman–Crippen MR) is 106 cm³/mol. The number of piperidine rings is 2. The van der Waals surface area contributed by atoms with Crippen molar-refractivity contribution in [1.82, 2.24) is 9.80 Å². The van der Waals surface area contributed by atoms with Crippen LogP contribution >= 0.6 is 11.6 Å². The minimum Gasteiger partial charge on any atom is -0.397 e. The monoisotopic (exact) mass is 383 g/mol. The third-order valence-corrected chi connectivity index (χ3v) is 7.04. The van der Waals surface area contributed by atoms with E-state index in [2.05, 4.69) is 11.9 Å². The van der Waals surface area contributed by atoms with Gasteiger partial charge < -0.3 is 10.6 Å². The third-order valence-electron chi connectivity index (χ3n) is 6.73. The van der Waals surface area contributed by atoms with E-state index in [4.69, 9.17) is 17.3 Å². The van der Waals surface area contributed by atoms with E-state index in [9.17, 15) is 9.59 Å². The zero-order valence-corrected chi connectivity index (χ0v) is 16.0. The van der Waals surface area contributed by atoms with Gasteiger partial charge in [-0.2, -0.15) is 0 Å². The van der Waals surface area contributed by atoms with Crippen LogP contribution in [0.2, 0.25) is 5.02 Å². The number of hydrogen-bond acceptors (Lipinski definition) is 4. The molecule has 3 aliphatic rings. The molecule has 2 aromatic rings.